The molecule has 0 N–H and O–H groups in total. The number of nitrogens with zero attached hydrogens (tertiary/aromatic N) is 4. The van der Waals surface area contributed by atoms with E-state index in [1.54, 1.807) is 6.21 Å². The molecule has 7 heteroatoms. The van der Waals surface area contributed by atoms with Gasteiger partial charge in [0.2, 0.25) is 0 Å². The predicted molar refractivity (Wildman–Crippen MR) is 79.5 cm³/mol. The Morgan fingerprint density at radius 2 is 1.90 bits per heavy atom. The average Bonchev–Trinajstić information content (AvgIpc) is 2.94. The molecule has 2 rings (SSSR count). The van der Waals surface area contributed by atoms with Gasteiger partial charge in [-0.25, -0.2) is 4.68 Å². The normalized spacial score (nSPS) is 10.9. The maximum absolute atomic E-state index is 5.60. The van der Waals surface area contributed by atoms with Crippen LogP contribution in [-0.2, 0) is 0 Å². The second-order valence-electron chi connectivity index (χ2n) is 3.78. The SMILES string of the molecule is CCOc1cc(/C=N/n2cnnc2)cc(Br)c1OCC. The molecule has 106 valence electrons. The summed E-state index contributed by atoms with van der Waals surface area (Å²) in [6.07, 6.45) is 4.74. The highest BCUT2D eigenvalue weighted by molar-refractivity contribution is 9.10. The van der Waals surface area contributed by atoms with Gasteiger partial charge in [-0.3, -0.25) is 0 Å². The molecule has 0 aliphatic carbocycles. The fraction of sp³-hybridized carbons (Fsp3) is 0.308. The van der Waals surface area contributed by atoms with Gasteiger partial charge in [0.25, 0.3) is 0 Å². The molecule has 0 aliphatic rings. The van der Waals surface area contributed by atoms with Crippen molar-refractivity contribution in [1.29, 1.82) is 0 Å². The number of benzene rings is 1. The van der Waals surface area contributed by atoms with Gasteiger partial charge in [0.05, 0.1) is 23.9 Å². The molecule has 6 nitrogen and oxygen atoms in total. The zero-order valence-electron chi connectivity index (χ0n) is 11.3. The van der Waals surface area contributed by atoms with Crippen LogP contribution >= 0.6 is 15.9 Å². The molecule has 20 heavy (non-hydrogen) atoms. The molecule has 0 radical (unpaired) electrons. The van der Waals surface area contributed by atoms with Crippen molar-refractivity contribution in [3.8, 4) is 11.5 Å². The van der Waals surface area contributed by atoms with Gasteiger partial charge in [0.15, 0.2) is 11.5 Å². The average molecular weight is 339 g/mol. The van der Waals surface area contributed by atoms with E-state index in [1.807, 2.05) is 26.0 Å². The maximum atomic E-state index is 5.60. The van der Waals surface area contributed by atoms with Crippen molar-refractivity contribution < 1.29 is 9.47 Å². The van der Waals surface area contributed by atoms with Crippen molar-refractivity contribution in [2.75, 3.05) is 13.2 Å². The van der Waals surface area contributed by atoms with E-state index in [9.17, 15) is 0 Å². The minimum atomic E-state index is 0.568. The standard InChI is InChI=1S/C13H15BrN4O2/c1-3-19-12-6-10(5-11(14)13(12)20-4-2)7-17-18-8-15-16-9-18/h5-9H,3-4H2,1-2H3/b17-7+. The van der Waals surface area contributed by atoms with Gasteiger partial charge in [-0.05, 0) is 47.5 Å². The molecule has 0 amide bonds. The van der Waals surface area contributed by atoms with E-state index in [1.165, 1.54) is 17.3 Å². The highest BCUT2D eigenvalue weighted by atomic mass is 79.9. The van der Waals surface area contributed by atoms with Crippen LogP contribution in [0.3, 0.4) is 0 Å². The third-order valence-corrected chi connectivity index (χ3v) is 2.96. The van der Waals surface area contributed by atoms with Crippen molar-refractivity contribution in [3.63, 3.8) is 0 Å². The van der Waals surface area contributed by atoms with E-state index >= 15 is 0 Å². The first-order valence-electron chi connectivity index (χ1n) is 6.22. The van der Waals surface area contributed by atoms with E-state index in [0.29, 0.717) is 24.7 Å². The van der Waals surface area contributed by atoms with Gasteiger partial charge in [0, 0.05) is 0 Å². The Morgan fingerprint density at radius 3 is 2.55 bits per heavy atom. The minimum Gasteiger partial charge on any atom is -0.490 e. The zero-order valence-corrected chi connectivity index (χ0v) is 12.9. The van der Waals surface area contributed by atoms with Gasteiger partial charge in [0.1, 0.15) is 12.7 Å². The fourth-order valence-corrected chi connectivity index (χ4v) is 2.17. The number of hydrogen-bond acceptors (Lipinski definition) is 5. The molecule has 1 aromatic heterocycles. The summed E-state index contributed by atoms with van der Waals surface area (Å²) in [5.74, 6) is 1.39. The lowest BCUT2D eigenvalue weighted by atomic mass is 10.2. The second kappa shape index (κ2) is 7.04. The number of hydrogen-bond donors (Lipinski definition) is 0. The molecular formula is C13H15BrN4O2. The highest BCUT2D eigenvalue weighted by Crippen LogP contribution is 2.36. The van der Waals surface area contributed by atoms with Gasteiger partial charge < -0.3 is 9.47 Å². The first-order chi connectivity index (χ1) is 9.74. The first kappa shape index (κ1) is 14.5. The summed E-state index contributed by atoms with van der Waals surface area (Å²) in [7, 11) is 0. The zero-order chi connectivity index (χ0) is 14.4. The molecule has 0 bridgehead atoms. The summed E-state index contributed by atoms with van der Waals surface area (Å²) in [5.41, 5.74) is 0.887. The van der Waals surface area contributed by atoms with Crippen LogP contribution in [0.2, 0.25) is 0 Å². The lowest BCUT2D eigenvalue weighted by molar-refractivity contribution is 0.286. The Balaban J connectivity index is 2.30. The van der Waals surface area contributed by atoms with E-state index in [4.69, 9.17) is 9.47 Å². The summed E-state index contributed by atoms with van der Waals surface area (Å²) in [6, 6.07) is 3.80. The van der Waals surface area contributed by atoms with Gasteiger partial charge >= 0.3 is 0 Å². The molecule has 0 unspecified atom stereocenters. The molecule has 0 spiro atoms. The van der Waals surface area contributed by atoms with E-state index in [0.717, 1.165) is 10.0 Å². The van der Waals surface area contributed by atoms with Crippen molar-refractivity contribution >= 4 is 22.1 Å². The minimum absolute atomic E-state index is 0.568. The van der Waals surface area contributed by atoms with Crippen molar-refractivity contribution in [2.45, 2.75) is 13.8 Å². The van der Waals surface area contributed by atoms with Gasteiger partial charge in [-0.15, -0.1) is 10.2 Å². The molecule has 1 aromatic carbocycles. The first-order valence-corrected chi connectivity index (χ1v) is 7.02. The monoisotopic (exact) mass is 338 g/mol. The molecule has 0 fully saturated rings. The van der Waals surface area contributed by atoms with Crippen LogP contribution in [0.1, 0.15) is 19.4 Å². The Hall–Kier alpha value is -1.89. The molecule has 0 aliphatic heterocycles. The van der Waals surface area contributed by atoms with Crippen molar-refractivity contribution in [2.24, 2.45) is 5.10 Å². The van der Waals surface area contributed by atoms with Crippen molar-refractivity contribution in [3.05, 3.63) is 34.8 Å². The quantitative estimate of drug-likeness (QED) is 0.759. The summed E-state index contributed by atoms with van der Waals surface area (Å²) in [6.45, 7) is 5.01. The molecule has 0 saturated heterocycles. The maximum Gasteiger partial charge on any atom is 0.175 e. The molecule has 1 heterocycles. The lowest BCUT2D eigenvalue weighted by Gasteiger charge is -2.13. The predicted octanol–water partition coefficient (Wildman–Crippen LogP) is 2.72. The Bertz CT molecular complexity index is 584. The van der Waals surface area contributed by atoms with Crippen LogP contribution < -0.4 is 9.47 Å². The Labute approximate surface area is 125 Å². The van der Waals surface area contributed by atoms with Gasteiger partial charge in [-0.1, -0.05) is 0 Å². The highest BCUT2D eigenvalue weighted by Gasteiger charge is 2.11. The van der Waals surface area contributed by atoms with Crippen LogP contribution in [0, 0.1) is 0 Å². The van der Waals surface area contributed by atoms with E-state index in [-0.39, 0.29) is 0 Å². The van der Waals surface area contributed by atoms with Crippen LogP contribution in [0.15, 0.2) is 34.4 Å². The van der Waals surface area contributed by atoms with Gasteiger partial charge in [-0.2, -0.15) is 5.10 Å². The Morgan fingerprint density at radius 1 is 1.20 bits per heavy atom. The fourth-order valence-electron chi connectivity index (χ4n) is 1.60. The number of halogens is 1. The van der Waals surface area contributed by atoms with E-state index < -0.39 is 0 Å². The summed E-state index contributed by atoms with van der Waals surface area (Å²) >= 11 is 3.49. The smallest absolute Gasteiger partial charge is 0.175 e. The van der Waals surface area contributed by atoms with Crippen molar-refractivity contribution in [1.82, 2.24) is 14.9 Å². The topological polar surface area (TPSA) is 61.5 Å². The van der Waals surface area contributed by atoms with Crippen LogP contribution in [0.25, 0.3) is 0 Å². The molecular weight excluding hydrogens is 324 g/mol. The largest absolute Gasteiger partial charge is 0.490 e. The lowest BCUT2D eigenvalue weighted by Crippen LogP contribution is -2.00. The number of rotatable bonds is 6. The van der Waals surface area contributed by atoms with Crippen LogP contribution in [0.5, 0.6) is 11.5 Å². The third-order valence-electron chi connectivity index (χ3n) is 2.37. The Kier molecular flexibility index (Phi) is 5.11. The van der Waals surface area contributed by atoms with Crippen LogP contribution in [0.4, 0.5) is 0 Å². The summed E-state index contributed by atoms with van der Waals surface area (Å²) in [4.78, 5) is 0. The molecule has 0 saturated carbocycles. The molecule has 2 aromatic rings. The summed E-state index contributed by atoms with van der Waals surface area (Å²) in [5, 5.41) is 11.6. The van der Waals surface area contributed by atoms with Crippen LogP contribution in [-0.4, -0.2) is 34.3 Å². The second-order valence-corrected chi connectivity index (χ2v) is 4.64. The number of aromatic nitrogens is 3. The summed E-state index contributed by atoms with van der Waals surface area (Å²) < 4.78 is 13.5. The third kappa shape index (κ3) is 3.57. The molecule has 0 atom stereocenters. The van der Waals surface area contributed by atoms with E-state index in [2.05, 4.69) is 31.2 Å². The number of ether oxygens (including phenoxy) is 2.